The molecule has 1 fully saturated rings. The number of nitrogens with two attached hydrogens (primary N) is 1. The van der Waals surface area contributed by atoms with Crippen molar-refractivity contribution in [3.63, 3.8) is 0 Å². The number of likely N-dealkylation sites (tertiary alicyclic amines) is 1. The molecule has 2 N–H and O–H groups in total. The zero-order chi connectivity index (χ0) is 12.8. The summed E-state index contributed by atoms with van der Waals surface area (Å²) in [6, 6.07) is 1.28. The van der Waals surface area contributed by atoms with Gasteiger partial charge in [0.1, 0.15) is 0 Å². The maximum Gasteiger partial charge on any atom is 0.0359 e. The Morgan fingerprint density at radius 3 is 2.71 bits per heavy atom. The molecular weight excluding hydrogens is 208 g/mol. The molecule has 0 aromatic rings. The van der Waals surface area contributed by atoms with E-state index in [2.05, 4.69) is 37.5 Å². The van der Waals surface area contributed by atoms with Gasteiger partial charge in [0.05, 0.1) is 0 Å². The molecular formula is C15H26N2. The summed E-state index contributed by atoms with van der Waals surface area (Å²) in [7, 11) is 0. The first-order valence-electron chi connectivity index (χ1n) is 6.55. The van der Waals surface area contributed by atoms with E-state index in [1.165, 1.54) is 5.57 Å². The van der Waals surface area contributed by atoms with Crippen LogP contribution in [0.5, 0.6) is 0 Å². The van der Waals surface area contributed by atoms with Crippen LogP contribution in [0.3, 0.4) is 0 Å². The summed E-state index contributed by atoms with van der Waals surface area (Å²) in [4.78, 5) is 2.51. The molecule has 0 bridgehead atoms. The maximum absolute atomic E-state index is 6.07. The predicted molar refractivity (Wildman–Crippen MR) is 75.9 cm³/mol. The minimum atomic E-state index is 0.321. The molecule has 0 aromatic heterocycles. The fourth-order valence-electron chi connectivity index (χ4n) is 2.39. The topological polar surface area (TPSA) is 29.3 Å². The van der Waals surface area contributed by atoms with Crippen LogP contribution < -0.4 is 5.73 Å². The lowest BCUT2D eigenvalue weighted by molar-refractivity contribution is 0.125. The highest BCUT2D eigenvalue weighted by Crippen LogP contribution is 2.24. The zero-order valence-electron chi connectivity index (χ0n) is 11.4. The molecule has 1 aliphatic rings. The van der Waals surface area contributed by atoms with E-state index >= 15 is 0 Å². The third-order valence-corrected chi connectivity index (χ3v) is 3.39. The Kier molecular flexibility index (Phi) is 5.66. The summed E-state index contributed by atoms with van der Waals surface area (Å²) in [6.45, 7) is 11.8. The van der Waals surface area contributed by atoms with E-state index in [-0.39, 0.29) is 0 Å². The highest BCUT2D eigenvalue weighted by molar-refractivity contribution is 5.25. The molecule has 1 saturated heterocycles. The Labute approximate surface area is 106 Å². The molecule has 0 radical (unpaired) electrons. The van der Waals surface area contributed by atoms with Crippen LogP contribution in [0.15, 0.2) is 36.5 Å². The molecule has 0 spiro atoms. The maximum atomic E-state index is 6.07. The number of piperidine rings is 1. The van der Waals surface area contributed by atoms with E-state index in [0.717, 1.165) is 19.4 Å². The minimum absolute atomic E-state index is 0.321. The normalized spacial score (nSPS) is 27.4. The molecule has 1 heterocycles. The number of rotatable bonds is 4. The molecule has 0 saturated carbocycles. The molecule has 2 atom stereocenters. The number of allylic oxidation sites excluding steroid dienone is 3. The van der Waals surface area contributed by atoms with Gasteiger partial charge in [0.25, 0.3) is 0 Å². The lowest BCUT2D eigenvalue weighted by Gasteiger charge is -2.41. The fourth-order valence-corrected chi connectivity index (χ4v) is 2.39. The lowest BCUT2D eigenvalue weighted by Crippen LogP contribution is -2.50. The number of hydrogen-bond donors (Lipinski definition) is 1. The largest absolute Gasteiger partial charge is 0.328 e. The van der Waals surface area contributed by atoms with Gasteiger partial charge in [-0.25, -0.2) is 0 Å². The van der Waals surface area contributed by atoms with Crippen LogP contribution >= 0.6 is 0 Å². The van der Waals surface area contributed by atoms with Crippen molar-refractivity contribution >= 4 is 0 Å². The molecule has 0 aliphatic carbocycles. The molecule has 1 aliphatic heterocycles. The molecule has 0 aromatic carbocycles. The van der Waals surface area contributed by atoms with Gasteiger partial charge in [0.15, 0.2) is 0 Å². The highest BCUT2D eigenvalue weighted by Gasteiger charge is 2.29. The quantitative estimate of drug-likeness (QED) is 0.758. The summed E-state index contributed by atoms with van der Waals surface area (Å²) >= 11 is 0. The lowest BCUT2D eigenvalue weighted by atomic mass is 9.91. The molecule has 0 amide bonds. The monoisotopic (exact) mass is 234 g/mol. The molecule has 17 heavy (non-hydrogen) atoms. The first-order valence-corrected chi connectivity index (χ1v) is 6.55. The summed E-state index contributed by atoms with van der Waals surface area (Å²) in [6.07, 6.45) is 10.3. The van der Waals surface area contributed by atoms with Crippen LogP contribution in [-0.4, -0.2) is 29.6 Å². The second kappa shape index (κ2) is 6.77. The van der Waals surface area contributed by atoms with Gasteiger partial charge in [-0.2, -0.15) is 0 Å². The van der Waals surface area contributed by atoms with Crippen molar-refractivity contribution in [2.45, 2.75) is 51.7 Å². The molecule has 96 valence electrons. The van der Waals surface area contributed by atoms with E-state index in [4.69, 9.17) is 5.73 Å². The second-order valence-electron chi connectivity index (χ2n) is 5.09. The van der Waals surface area contributed by atoms with Crippen molar-refractivity contribution in [2.24, 2.45) is 5.73 Å². The van der Waals surface area contributed by atoms with Crippen molar-refractivity contribution in [2.75, 3.05) is 6.54 Å². The minimum Gasteiger partial charge on any atom is -0.328 e. The van der Waals surface area contributed by atoms with Gasteiger partial charge in [0.2, 0.25) is 0 Å². The second-order valence-corrected chi connectivity index (χ2v) is 5.09. The van der Waals surface area contributed by atoms with Crippen LogP contribution in [0.25, 0.3) is 0 Å². The van der Waals surface area contributed by atoms with Crippen molar-refractivity contribution < 1.29 is 0 Å². The number of nitrogens with zero attached hydrogens (tertiary/aromatic N) is 1. The highest BCUT2D eigenvalue weighted by atomic mass is 15.2. The zero-order valence-corrected chi connectivity index (χ0v) is 11.4. The van der Waals surface area contributed by atoms with Crippen LogP contribution in [-0.2, 0) is 0 Å². The number of hydrogen-bond acceptors (Lipinski definition) is 2. The van der Waals surface area contributed by atoms with Gasteiger partial charge in [-0.3, -0.25) is 4.90 Å². The van der Waals surface area contributed by atoms with E-state index in [9.17, 15) is 0 Å². The van der Waals surface area contributed by atoms with Gasteiger partial charge in [-0.1, -0.05) is 30.9 Å². The standard InChI is InChI=1S/C15H26N2/c1-5-6-7-8-13(4)15-11-14(16)9-10-17(15)12(2)3/h5-8,12,14-15H,4,9-11,16H2,1-3H3/b6-5-,8-7-/t14-,15+/m1/s1. The Balaban J connectivity index is 2.71. The SMILES string of the molecule is C=C(/C=C\C=C/C)[C@@H]1C[C@H](N)CCN1C(C)C. The Hall–Kier alpha value is -0.860. The smallest absolute Gasteiger partial charge is 0.0359 e. The van der Waals surface area contributed by atoms with Gasteiger partial charge in [0, 0.05) is 24.7 Å². The fraction of sp³-hybridized carbons (Fsp3) is 0.600. The van der Waals surface area contributed by atoms with Crippen molar-refractivity contribution in [3.05, 3.63) is 36.5 Å². The first kappa shape index (κ1) is 14.2. The average Bonchev–Trinajstić information content (AvgIpc) is 2.28. The van der Waals surface area contributed by atoms with Crippen LogP contribution in [0.1, 0.15) is 33.6 Å². The van der Waals surface area contributed by atoms with E-state index in [1.54, 1.807) is 0 Å². The summed E-state index contributed by atoms with van der Waals surface area (Å²) in [5.74, 6) is 0. The molecule has 0 unspecified atom stereocenters. The molecule has 1 rings (SSSR count). The van der Waals surface area contributed by atoms with Gasteiger partial charge >= 0.3 is 0 Å². The third-order valence-electron chi connectivity index (χ3n) is 3.39. The van der Waals surface area contributed by atoms with E-state index < -0.39 is 0 Å². The van der Waals surface area contributed by atoms with Crippen LogP contribution in [0, 0.1) is 0 Å². The molecule has 2 heteroatoms. The summed E-state index contributed by atoms with van der Waals surface area (Å²) in [5, 5.41) is 0. The van der Waals surface area contributed by atoms with E-state index in [1.807, 2.05) is 19.1 Å². The summed E-state index contributed by atoms with van der Waals surface area (Å²) < 4.78 is 0. The van der Waals surface area contributed by atoms with Crippen molar-refractivity contribution in [1.29, 1.82) is 0 Å². The molecule has 2 nitrogen and oxygen atoms in total. The Morgan fingerprint density at radius 2 is 2.12 bits per heavy atom. The Bertz CT molecular complexity index is 302. The predicted octanol–water partition coefficient (Wildman–Crippen LogP) is 2.88. The van der Waals surface area contributed by atoms with E-state index in [0.29, 0.717) is 18.1 Å². The van der Waals surface area contributed by atoms with Crippen LogP contribution in [0.2, 0.25) is 0 Å². The van der Waals surface area contributed by atoms with Gasteiger partial charge in [-0.15, -0.1) is 0 Å². The van der Waals surface area contributed by atoms with Crippen molar-refractivity contribution in [3.8, 4) is 0 Å². The van der Waals surface area contributed by atoms with Crippen LogP contribution in [0.4, 0.5) is 0 Å². The van der Waals surface area contributed by atoms with Gasteiger partial charge in [-0.05, 0) is 39.2 Å². The summed E-state index contributed by atoms with van der Waals surface area (Å²) in [5.41, 5.74) is 7.25. The van der Waals surface area contributed by atoms with Crippen molar-refractivity contribution in [1.82, 2.24) is 4.90 Å². The Morgan fingerprint density at radius 1 is 1.41 bits per heavy atom. The average molecular weight is 234 g/mol. The third kappa shape index (κ3) is 4.14. The first-order chi connectivity index (χ1) is 8.06. The van der Waals surface area contributed by atoms with Gasteiger partial charge < -0.3 is 5.73 Å².